The van der Waals surface area contributed by atoms with Crippen molar-refractivity contribution in [2.45, 2.75) is 42.6 Å². The molecule has 3 saturated heterocycles. The van der Waals surface area contributed by atoms with E-state index in [0.717, 1.165) is 25.7 Å². The molecule has 26 heavy (non-hydrogen) atoms. The molecule has 1 saturated carbocycles. The highest BCUT2D eigenvalue weighted by Gasteiger charge is 2.63. The van der Waals surface area contributed by atoms with Crippen LogP contribution in [0.5, 0.6) is 0 Å². The van der Waals surface area contributed by atoms with Crippen LogP contribution < -0.4 is 10.4 Å². The first-order valence-corrected chi connectivity index (χ1v) is 10.5. The van der Waals surface area contributed by atoms with E-state index in [1.807, 2.05) is 0 Å². The number of rotatable bonds is 5. The molecule has 1 aromatic rings. The number of H-pyrrole nitrogens is 2. The first-order chi connectivity index (χ1) is 12.4. The Morgan fingerprint density at radius 2 is 2.19 bits per heavy atom. The van der Waals surface area contributed by atoms with Gasteiger partial charge in [-0.15, -0.1) is 5.10 Å². The van der Waals surface area contributed by atoms with E-state index >= 15 is 0 Å². The highest BCUT2D eigenvalue weighted by molar-refractivity contribution is 7.90. The van der Waals surface area contributed by atoms with Gasteiger partial charge in [-0.05, 0) is 25.7 Å². The summed E-state index contributed by atoms with van der Waals surface area (Å²) in [5.74, 6) is -0.186. The predicted molar refractivity (Wildman–Crippen MR) is 88.9 cm³/mol. The Kier molecular flexibility index (Phi) is 3.41. The van der Waals surface area contributed by atoms with Crippen molar-refractivity contribution in [1.29, 1.82) is 0 Å². The Hall–Kier alpha value is -1.72. The largest absolute Gasteiger partial charge is 0.369 e. The number of nitrogens with one attached hydrogen (secondary N) is 3. The summed E-state index contributed by atoms with van der Waals surface area (Å²) in [6, 6.07) is 0. The smallest absolute Gasteiger partial charge is 0.341 e. The van der Waals surface area contributed by atoms with Gasteiger partial charge >= 0.3 is 5.69 Å². The molecular formula is C15H21N5O5S. The van der Waals surface area contributed by atoms with Crippen LogP contribution in [-0.4, -0.2) is 71.0 Å². The lowest BCUT2D eigenvalue weighted by Gasteiger charge is -2.29. The van der Waals surface area contributed by atoms with Crippen molar-refractivity contribution >= 4 is 15.9 Å². The van der Waals surface area contributed by atoms with E-state index in [0.29, 0.717) is 19.6 Å². The van der Waals surface area contributed by atoms with Crippen molar-refractivity contribution in [2.75, 3.05) is 19.6 Å². The number of ether oxygens (including phenoxy) is 1. The van der Waals surface area contributed by atoms with Crippen molar-refractivity contribution in [3.8, 4) is 0 Å². The summed E-state index contributed by atoms with van der Waals surface area (Å²) in [5, 5.41) is 5.67. The molecule has 1 aliphatic carbocycles. The third-order valence-electron chi connectivity index (χ3n) is 6.26. The van der Waals surface area contributed by atoms with Gasteiger partial charge in [0, 0.05) is 24.9 Å². The minimum atomic E-state index is -3.23. The van der Waals surface area contributed by atoms with Gasteiger partial charge in [0.25, 0.3) is 5.91 Å². The van der Waals surface area contributed by atoms with E-state index in [1.165, 1.54) is 0 Å². The predicted octanol–water partition coefficient (Wildman–Crippen LogP) is -1.20. The summed E-state index contributed by atoms with van der Waals surface area (Å²) in [5.41, 5.74) is -0.914. The first kappa shape index (κ1) is 16.5. The number of nitrogens with zero attached hydrogens (tertiary/aromatic N) is 2. The van der Waals surface area contributed by atoms with Gasteiger partial charge in [0.15, 0.2) is 0 Å². The average Bonchev–Trinajstić information content (AvgIpc) is 2.98. The fourth-order valence-corrected chi connectivity index (χ4v) is 6.27. The molecule has 4 atom stereocenters. The molecule has 10 nitrogen and oxygen atoms in total. The minimum Gasteiger partial charge on any atom is -0.369 e. The lowest BCUT2D eigenvalue weighted by Crippen LogP contribution is -2.42. The van der Waals surface area contributed by atoms with E-state index in [4.69, 9.17) is 4.74 Å². The maximum absolute atomic E-state index is 12.6. The number of carbonyl (C=O) groups excluding carboxylic acids is 1. The summed E-state index contributed by atoms with van der Waals surface area (Å²) in [4.78, 5) is 27.8. The summed E-state index contributed by atoms with van der Waals surface area (Å²) in [6.45, 7) is 1.30. The Bertz CT molecular complexity index is 906. The Morgan fingerprint density at radius 1 is 1.38 bits per heavy atom. The molecule has 1 aromatic heterocycles. The molecule has 5 rings (SSSR count). The van der Waals surface area contributed by atoms with E-state index in [2.05, 4.69) is 19.9 Å². The first-order valence-electron chi connectivity index (χ1n) is 8.98. The SMILES string of the molecule is O=C(c1n[nH]c(=O)[nH]1)N1C[C@@H]2[C@H](CNS(=O)(=O)C3CC3)[C@H]3CC[C@]2(C1)O3. The number of likely N-dealkylation sites (tertiary alicyclic amines) is 1. The topological polar surface area (TPSA) is 137 Å². The molecule has 3 aliphatic heterocycles. The zero-order valence-corrected chi connectivity index (χ0v) is 14.9. The molecule has 4 fully saturated rings. The van der Waals surface area contributed by atoms with Gasteiger partial charge in [0.1, 0.15) is 0 Å². The zero-order chi connectivity index (χ0) is 18.1. The Morgan fingerprint density at radius 3 is 2.88 bits per heavy atom. The fourth-order valence-electron chi connectivity index (χ4n) is 4.85. The Balaban J connectivity index is 1.32. The molecule has 2 bridgehead atoms. The molecule has 11 heteroatoms. The molecule has 142 valence electrons. The second-order valence-electron chi connectivity index (χ2n) is 7.83. The lowest BCUT2D eigenvalue weighted by molar-refractivity contribution is 0.00312. The van der Waals surface area contributed by atoms with Crippen molar-refractivity contribution < 1.29 is 17.9 Å². The van der Waals surface area contributed by atoms with E-state index in [9.17, 15) is 18.0 Å². The maximum Gasteiger partial charge on any atom is 0.341 e. The van der Waals surface area contributed by atoms with Gasteiger partial charge in [0.2, 0.25) is 15.8 Å². The molecule has 4 heterocycles. The van der Waals surface area contributed by atoms with Gasteiger partial charge in [-0.1, -0.05) is 0 Å². The molecule has 0 aromatic carbocycles. The van der Waals surface area contributed by atoms with Crippen LogP contribution in [0.2, 0.25) is 0 Å². The minimum absolute atomic E-state index is 0.00749. The van der Waals surface area contributed by atoms with Crippen LogP contribution >= 0.6 is 0 Å². The summed E-state index contributed by atoms with van der Waals surface area (Å²) in [6.07, 6.45) is 3.27. The second-order valence-corrected chi connectivity index (χ2v) is 9.88. The normalized spacial score (nSPS) is 35.8. The quantitative estimate of drug-likeness (QED) is 0.584. The van der Waals surface area contributed by atoms with Gasteiger partial charge in [-0.2, -0.15) is 0 Å². The molecule has 4 aliphatic rings. The molecule has 0 unspecified atom stereocenters. The lowest BCUT2D eigenvalue weighted by atomic mass is 9.74. The summed E-state index contributed by atoms with van der Waals surface area (Å²) < 4.78 is 33.3. The molecule has 1 amide bonds. The molecule has 0 radical (unpaired) electrons. The number of sulfonamides is 1. The van der Waals surface area contributed by atoms with Crippen LogP contribution in [0, 0.1) is 11.8 Å². The highest BCUT2D eigenvalue weighted by Crippen LogP contribution is 2.54. The third kappa shape index (κ3) is 2.44. The standard InChI is InChI=1S/C15H21N5O5S/c21-13(12-17-14(22)19-18-12)20-6-10-9(5-16-26(23,24)8-1-2-8)11-3-4-15(10,7-20)25-11/h8-11,16H,1-7H2,(H2,17,18,19,22)/t9-,10+,11+,15+/m0/s1. The number of fused-ring (bicyclic) bond motifs is 1. The second kappa shape index (κ2) is 5.40. The van der Waals surface area contributed by atoms with Crippen LogP contribution in [0.4, 0.5) is 0 Å². The number of carbonyl (C=O) groups is 1. The van der Waals surface area contributed by atoms with Gasteiger partial charge < -0.3 is 9.64 Å². The van der Waals surface area contributed by atoms with Crippen LogP contribution in [0.15, 0.2) is 4.79 Å². The number of aromatic nitrogens is 3. The van der Waals surface area contributed by atoms with Gasteiger partial charge in [0.05, 0.1) is 23.5 Å². The number of hydrogen-bond acceptors (Lipinski definition) is 6. The third-order valence-corrected chi connectivity index (χ3v) is 8.18. The molecular weight excluding hydrogens is 362 g/mol. The number of aromatic amines is 2. The van der Waals surface area contributed by atoms with Crippen molar-refractivity contribution in [3.05, 3.63) is 16.3 Å². The van der Waals surface area contributed by atoms with Gasteiger partial charge in [-0.25, -0.2) is 23.0 Å². The highest BCUT2D eigenvalue weighted by atomic mass is 32.2. The van der Waals surface area contributed by atoms with Crippen LogP contribution in [0.3, 0.4) is 0 Å². The van der Waals surface area contributed by atoms with E-state index in [-0.39, 0.29) is 34.9 Å². The average molecular weight is 383 g/mol. The van der Waals surface area contributed by atoms with Gasteiger partial charge in [-0.3, -0.25) is 9.78 Å². The number of amides is 1. The van der Waals surface area contributed by atoms with Crippen molar-refractivity contribution in [3.63, 3.8) is 0 Å². The van der Waals surface area contributed by atoms with Crippen molar-refractivity contribution in [1.82, 2.24) is 24.8 Å². The molecule has 3 N–H and O–H groups in total. The van der Waals surface area contributed by atoms with E-state index < -0.39 is 21.3 Å². The maximum atomic E-state index is 12.6. The molecule has 1 spiro atoms. The summed E-state index contributed by atoms with van der Waals surface area (Å²) in [7, 11) is -3.23. The number of hydrogen-bond donors (Lipinski definition) is 3. The van der Waals surface area contributed by atoms with Crippen LogP contribution in [0.25, 0.3) is 0 Å². The van der Waals surface area contributed by atoms with Crippen LogP contribution in [-0.2, 0) is 14.8 Å². The van der Waals surface area contributed by atoms with Crippen LogP contribution in [0.1, 0.15) is 36.3 Å². The van der Waals surface area contributed by atoms with E-state index in [1.54, 1.807) is 4.90 Å². The Labute approximate surface area is 149 Å². The monoisotopic (exact) mass is 383 g/mol. The zero-order valence-electron chi connectivity index (χ0n) is 14.1. The fraction of sp³-hybridized carbons (Fsp3) is 0.800. The van der Waals surface area contributed by atoms with Crippen molar-refractivity contribution in [2.24, 2.45) is 11.8 Å². The summed E-state index contributed by atoms with van der Waals surface area (Å²) >= 11 is 0.